The lowest BCUT2D eigenvalue weighted by Crippen LogP contribution is -2.46. The maximum Gasteiger partial charge on any atom is 0.335 e. The molecule has 0 radical (unpaired) electrons. The SMILES string of the molecule is COc1cc(OC)c(OC)cc1CN1CCN(c2nc(Nc3ccc(C(=O)O)cc3)c3cc(NC(C)=O)ccc3n2)CC1. The number of carbonyl (C=O) groups excluding carboxylic acids is 1. The van der Waals surface area contributed by atoms with Gasteiger partial charge < -0.3 is 34.9 Å². The van der Waals surface area contributed by atoms with Gasteiger partial charge in [0.25, 0.3) is 0 Å². The van der Waals surface area contributed by atoms with Crippen LogP contribution in [0.25, 0.3) is 10.9 Å². The Balaban J connectivity index is 1.38. The third kappa shape index (κ3) is 6.70. The Morgan fingerprint density at radius 2 is 1.49 bits per heavy atom. The number of hydrogen-bond acceptors (Lipinski definition) is 10. The van der Waals surface area contributed by atoms with Crippen LogP contribution in [0.3, 0.4) is 0 Å². The molecule has 0 aliphatic carbocycles. The van der Waals surface area contributed by atoms with Crippen LogP contribution in [0, 0.1) is 0 Å². The lowest BCUT2D eigenvalue weighted by molar-refractivity contribution is -0.114. The monoisotopic (exact) mass is 586 g/mol. The smallest absolute Gasteiger partial charge is 0.335 e. The molecule has 0 atom stereocenters. The molecule has 12 heteroatoms. The van der Waals surface area contributed by atoms with Gasteiger partial charge in [-0.1, -0.05) is 0 Å². The average Bonchev–Trinajstić information content (AvgIpc) is 3.01. The number of piperazine rings is 1. The number of amides is 1. The number of carbonyl (C=O) groups is 2. The summed E-state index contributed by atoms with van der Waals surface area (Å²) in [6.07, 6.45) is 0. The van der Waals surface area contributed by atoms with E-state index in [2.05, 4.69) is 20.4 Å². The van der Waals surface area contributed by atoms with Gasteiger partial charge in [-0.2, -0.15) is 4.98 Å². The molecule has 1 aliphatic rings. The summed E-state index contributed by atoms with van der Waals surface area (Å²) >= 11 is 0. The summed E-state index contributed by atoms with van der Waals surface area (Å²) in [5, 5.41) is 16.1. The highest BCUT2D eigenvalue weighted by molar-refractivity contribution is 5.97. The minimum atomic E-state index is -0.995. The second-order valence-electron chi connectivity index (χ2n) is 10.1. The zero-order valence-corrected chi connectivity index (χ0v) is 24.5. The normalized spacial score (nSPS) is 13.4. The molecule has 43 heavy (non-hydrogen) atoms. The van der Waals surface area contributed by atoms with Crippen LogP contribution < -0.4 is 29.7 Å². The Labute approximate surface area is 249 Å². The zero-order valence-electron chi connectivity index (χ0n) is 24.5. The number of aromatic carboxylic acids is 1. The molecular weight excluding hydrogens is 552 g/mol. The van der Waals surface area contributed by atoms with Gasteiger partial charge in [-0.05, 0) is 48.5 Å². The van der Waals surface area contributed by atoms with E-state index in [1.165, 1.54) is 19.1 Å². The first-order chi connectivity index (χ1) is 20.8. The average molecular weight is 587 g/mol. The number of ether oxygens (including phenoxy) is 3. The highest BCUT2D eigenvalue weighted by Crippen LogP contribution is 2.35. The standard InChI is InChI=1S/C31H34N6O6/c1-19(38)32-23-9-10-25-24(16-23)29(33-22-7-5-20(6-8-22)30(39)40)35-31(34-25)37-13-11-36(12-14-37)18-21-15-27(42-3)28(43-4)17-26(21)41-2/h5-10,15-17H,11-14,18H2,1-4H3,(H,32,38)(H,39,40)(H,33,34,35). The van der Waals surface area contributed by atoms with Crippen molar-refractivity contribution in [1.82, 2.24) is 14.9 Å². The fourth-order valence-corrected chi connectivity index (χ4v) is 5.03. The predicted molar refractivity (Wildman–Crippen MR) is 164 cm³/mol. The molecule has 0 saturated carbocycles. The molecule has 0 bridgehead atoms. The van der Waals surface area contributed by atoms with E-state index in [0.717, 1.165) is 29.8 Å². The number of fused-ring (bicyclic) bond motifs is 1. The van der Waals surface area contributed by atoms with Crippen LogP contribution in [0.2, 0.25) is 0 Å². The first-order valence-electron chi connectivity index (χ1n) is 13.7. The third-order valence-corrected chi connectivity index (χ3v) is 7.23. The molecule has 0 spiro atoms. The first-order valence-corrected chi connectivity index (χ1v) is 13.7. The third-order valence-electron chi connectivity index (χ3n) is 7.23. The number of anilines is 4. The number of nitrogens with one attached hydrogen (secondary N) is 2. The highest BCUT2D eigenvalue weighted by atomic mass is 16.5. The maximum absolute atomic E-state index is 11.7. The molecular formula is C31H34N6O6. The van der Waals surface area contributed by atoms with Gasteiger partial charge in [-0.3, -0.25) is 9.69 Å². The van der Waals surface area contributed by atoms with Crippen LogP contribution in [-0.2, 0) is 11.3 Å². The predicted octanol–water partition coefficient (Wildman–Crippen LogP) is 4.38. The van der Waals surface area contributed by atoms with Crippen molar-refractivity contribution >= 4 is 45.9 Å². The van der Waals surface area contributed by atoms with E-state index in [9.17, 15) is 14.7 Å². The maximum atomic E-state index is 11.7. The largest absolute Gasteiger partial charge is 0.496 e. The molecule has 3 aromatic carbocycles. The van der Waals surface area contributed by atoms with Crippen molar-refractivity contribution < 1.29 is 28.9 Å². The van der Waals surface area contributed by atoms with Crippen LogP contribution in [0.5, 0.6) is 17.2 Å². The molecule has 1 amide bonds. The molecule has 5 rings (SSSR count). The quantitative estimate of drug-likeness (QED) is 0.244. The Morgan fingerprint density at radius 1 is 0.837 bits per heavy atom. The number of methoxy groups -OCH3 is 3. The lowest BCUT2D eigenvalue weighted by Gasteiger charge is -2.35. The summed E-state index contributed by atoms with van der Waals surface area (Å²) in [7, 11) is 4.86. The molecule has 1 aromatic heterocycles. The van der Waals surface area contributed by atoms with E-state index >= 15 is 0 Å². The van der Waals surface area contributed by atoms with Crippen molar-refractivity contribution in [1.29, 1.82) is 0 Å². The Morgan fingerprint density at radius 3 is 2.12 bits per heavy atom. The van der Waals surface area contributed by atoms with Crippen molar-refractivity contribution in [2.24, 2.45) is 0 Å². The lowest BCUT2D eigenvalue weighted by atomic mass is 10.1. The molecule has 0 unspecified atom stereocenters. The molecule has 1 aliphatic heterocycles. The van der Waals surface area contributed by atoms with Crippen molar-refractivity contribution in [3.8, 4) is 17.2 Å². The second-order valence-corrected chi connectivity index (χ2v) is 10.1. The Hall–Kier alpha value is -5.10. The van der Waals surface area contributed by atoms with Crippen LogP contribution >= 0.6 is 0 Å². The van der Waals surface area contributed by atoms with Crippen LogP contribution in [-0.4, -0.2) is 79.4 Å². The van der Waals surface area contributed by atoms with Crippen molar-refractivity contribution in [2.45, 2.75) is 13.5 Å². The van der Waals surface area contributed by atoms with Gasteiger partial charge in [0.15, 0.2) is 11.5 Å². The van der Waals surface area contributed by atoms with Crippen LogP contribution in [0.15, 0.2) is 54.6 Å². The number of aromatic nitrogens is 2. The number of benzene rings is 3. The molecule has 1 saturated heterocycles. The van der Waals surface area contributed by atoms with Crippen LogP contribution in [0.1, 0.15) is 22.8 Å². The molecule has 4 aromatic rings. The van der Waals surface area contributed by atoms with Gasteiger partial charge >= 0.3 is 5.97 Å². The van der Waals surface area contributed by atoms with E-state index in [4.69, 9.17) is 24.2 Å². The van der Waals surface area contributed by atoms with Gasteiger partial charge in [0.05, 0.1) is 32.4 Å². The van der Waals surface area contributed by atoms with E-state index in [1.807, 2.05) is 24.3 Å². The number of nitrogens with zero attached hydrogens (tertiary/aromatic N) is 4. The van der Waals surface area contributed by atoms with E-state index in [1.54, 1.807) is 39.5 Å². The topological polar surface area (TPSA) is 138 Å². The first kappa shape index (κ1) is 29.4. The number of hydrogen-bond donors (Lipinski definition) is 3. The van der Waals surface area contributed by atoms with E-state index in [-0.39, 0.29) is 11.5 Å². The molecule has 1 fully saturated rings. The Kier molecular flexibility index (Phi) is 8.77. The molecule has 3 N–H and O–H groups in total. The summed E-state index contributed by atoms with van der Waals surface area (Å²) in [4.78, 5) is 37.2. The molecule has 12 nitrogen and oxygen atoms in total. The number of carboxylic acids is 1. The summed E-state index contributed by atoms with van der Waals surface area (Å²) in [6.45, 7) is 5.10. The summed E-state index contributed by atoms with van der Waals surface area (Å²) in [5.74, 6) is 1.96. The highest BCUT2D eigenvalue weighted by Gasteiger charge is 2.23. The number of rotatable bonds is 10. The van der Waals surface area contributed by atoms with Gasteiger partial charge in [-0.25, -0.2) is 9.78 Å². The summed E-state index contributed by atoms with van der Waals surface area (Å²) < 4.78 is 16.5. The van der Waals surface area contributed by atoms with Crippen molar-refractivity contribution in [3.05, 3.63) is 65.7 Å². The number of carboxylic acid groups (broad SMARTS) is 1. The minimum Gasteiger partial charge on any atom is -0.496 e. The van der Waals surface area contributed by atoms with Gasteiger partial charge in [0.1, 0.15) is 11.6 Å². The van der Waals surface area contributed by atoms with Gasteiger partial charge in [0, 0.05) is 68.0 Å². The van der Waals surface area contributed by atoms with Gasteiger partial charge in [0.2, 0.25) is 11.9 Å². The summed E-state index contributed by atoms with van der Waals surface area (Å²) in [5.41, 5.74) is 3.21. The van der Waals surface area contributed by atoms with Crippen molar-refractivity contribution in [2.75, 3.05) is 63.0 Å². The van der Waals surface area contributed by atoms with Gasteiger partial charge in [-0.15, -0.1) is 0 Å². The summed E-state index contributed by atoms with van der Waals surface area (Å²) in [6, 6.07) is 15.7. The molecule has 2 heterocycles. The fraction of sp³-hybridized carbons (Fsp3) is 0.290. The van der Waals surface area contributed by atoms with E-state index < -0.39 is 5.97 Å². The second kappa shape index (κ2) is 12.8. The fourth-order valence-electron chi connectivity index (χ4n) is 5.03. The van der Waals surface area contributed by atoms with Crippen LogP contribution in [0.4, 0.5) is 23.1 Å². The Bertz CT molecular complexity index is 1640. The zero-order chi connectivity index (χ0) is 30.5. The minimum absolute atomic E-state index is 0.181. The molecule has 224 valence electrons. The van der Waals surface area contributed by atoms with E-state index in [0.29, 0.717) is 59.8 Å². The van der Waals surface area contributed by atoms with Crippen molar-refractivity contribution in [3.63, 3.8) is 0 Å².